The van der Waals surface area contributed by atoms with E-state index in [2.05, 4.69) is 5.32 Å². The Bertz CT molecular complexity index is 460. The Morgan fingerprint density at radius 2 is 2.28 bits per heavy atom. The summed E-state index contributed by atoms with van der Waals surface area (Å²) in [6.07, 6.45) is 2.76. The first-order valence-corrected chi connectivity index (χ1v) is 6.09. The highest BCUT2D eigenvalue weighted by Crippen LogP contribution is 2.29. The summed E-state index contributed by atoms with van der Waals surface area (Å²) in [4.78, 5) is 14.0. The summed E-state index contributed by atoms with van der Waals surface area (Å²) in [5.74, 6) is -0.185. The first kappa shape index (κ1) is 13.3. The maximum absolute atomic E-state index is 13.2. The van der Waals surface area contributed by atoms with Gasteiger partial charge in [-0.05, 0) is 43.5 Å². The average Bonchev–Trinajstić information content (AvgIpc) is 2.97. The van der Waals surface area contributed by atoms with Crippen LogP contribution >= 0.6 is 12.4 Å². The van der Waals surface area contributed by atoms with Crippen LogP contribution in [0.25, 0.3) is 0 Å². The van der Waals surface area contributed by atoms with E-state index in [1.807, 2.05) is 0 Å². The number of anilines is 1. The Balaban J connectivity index is 0.00000120. The van der Waals surface area contributed by atoms with Crippen molar-refractivity contribution in [3.63, 3.8) is 0 Å². The maximum atomic E-state index is 13.2. The summed E-state index contributed by atoms with van der Waals surface area (Å²) in [7, 11) is 0. The highest BCUT2D eigenvalue weighted by molar-refractivity contribution is 5.99. The van der Waals surface area contributed by atoms with Crippen molar-refractivity contribution in [3.8, 4) is 0 Å². The molecule has 0 spiro atoms. The zero-order chi connectivity index (χ0) is 11.8. The summed E-state index contributed by atoms with van der Waals surface area (Å²) in [5, 5.41) is 3.19. The highest BCUT2D eigenvalue weighted by atomic mass is 35.5. The molecule has 0 radical (unpaired) electrons. The van der Waals surface area contributed by atoms with Crippen molar-refractivity contribution in [1.29, 1.82) is 0 Å². The molecule has 3 rings (SSSR count). The van der Waals surface area contributed by atoms with Crippen molar-refractivity contribution >= 4 is 24.0 Å². The Labute approximate surface area is 112 Å². The molecule has 3 nitrogen and oxygen atoms in total. The molecule has 1 unspecified atom stereocenters. The van der Waals surface area contributed by atoms with Gasteiger partial charge >= 0.3 is 0 Å². The van der Waals surface area contributed by atoms with Crippen LogP contribution in [0.4, 0.5) is 10.1 Å². The molecule has 5 heteroatoms. The summed E-state index contributed by atoms with van der Waals surface area (Å²) < 4.78 is 13.2. The van der Waals surface area contributed by atoms with Crippen molar-refractivity contribution < 1.29 is 9.18 Å². The monoisotopic (exact) mass is 270 g/mol. The van der Waals surface area contributed by atoms with Crippen LogP contribution in [0, 0.1) is 5.82 Å². The van der Waals surface area contributed by atoms with Crippen molar-refractivity contribution in [2.75, 3.05) is 18.0 Å². The van der Waals surface area contributed by atoms with Gasteiger partial charge in [-0.1, -0.05) is 6.07 Å². The fourth-order valence-electron chi connectivity index (χ4n) is 2.66. The molecule has 18 heavy (non-hydrogen) atoms. The summed E-state index contributed by atoms with van der Waals surface area (Å²) in [6, 6.07) is 4.62. The van der Waals surface area contributed by atoms with Gasteiger partial charge in [0.25, 0.3) is 0 Å². The van der Waals surface area contributed by atoms with Gasteiger partial charge in [0, 0.05) is 12.2 Å². The SMILES string of the molecule is Cl.O=C(C1CCCN1)N1CCc2ccc(F)cc21. The predicted molar refractivity (Wildman–Crippen MR) is 70.7 cm³/mol. The van der Waals surface area contributed by atoms with Crippen molar-refractivity contribution in [3.05, 3.63) is 29.6 Å². The van der Waals surface area contributed by atoms with Gasteiger partial charge in [0.05, 0.1) is 6.04 Å². The molecule has 0 saturated carbocycles. The van der Waals surface area contributed by atoms with Crippen molar-refractivity contribution in [1.82, 2.24) is 5.32 Å². The van der Waals surface area contributed by atoms with E-state index in [9.17, 15) is 9.18 Å². The molecule has 1 aromatic carbocycles. The quantitative estimate of drug-likeness (QED) is 0.845. The zero-order valence-corrected chi connectivity index (χ0v) is 10.8. The molecular formula is C13H16ClFN2O. The molecule has 1 amide bonds. The molecule has 2 aliphatic rings. The molecule has 1 aromatic rings. The summed E-state index contributed by atoms with van der Waals surface area (Å²) >= 11 is 0. The molecule has 0 aliphatic carbocycles. The number of benzene rings is 1. The minimum atomic E-state index is -0.275. The number of rotatable bonds is 1. The van der Waals surface area contributed by atoms with E-state index in [1.54, 1.807) is 11.0 Å². The first-order chi connectivity index (χ1) is 8.25. The van der Waals surface area contributed by atoms with Crippen LogP contribution in [0.1, 0.15) is 18.4 Å². The molecule has 1 N–H and O–H groups in total. The number of amides is 1. The molecule has 1 atom stereocenters. The van der Waals surface area contributed by atoms with Gasteiger partial charge < -0.3 is 10.2 Å². The van der Waals surface area contributed by atoms with Gasteiger partial charge in [-0.3, -0.25) is 4.79 Å². The van der Waals surface area contributed by atoms with E-state index in [0.29, 0.717) is 6.54 Å². The van der Waals surface area contributed by atoms with E-state index < -0.39 is 0 Å². The number of halogens is 2. The second-order valence-corrected chi connectivity index (χ2v) is 4.66. The third-order valence-corrected chi connectivity index (χ3v) is 3.57. The van der Waals surface area contributed by atoms with E-state index in [-0.39, 0.29) is 30.2 Å². The maximum Gasteiger partial charge on any atom is 0.244 e. The Morgan fingerprint density at radius 3 is 3.00 bits per heavy atom. The molecule has 1 fully saturated rings. The number of nitrogens with one attached hydrogen (secondary N) is 1. The number of carbonyl (C=O) groups excluding carboxylic acids is 1. The lowest BCUT2D eigenvalue weighted by molar-refractivity contribution is -0.120. The Hall–Kier alpha value is -1.13. The van der Waals surface area contributed by atoms with E-state index >= 15 is 0 Å². The number of carbonyl (C=O) groups is 1. The van der Waals surface area contributed by atoms with Gasteiger partial charge in [0.15, 0.2) is 0 Å². The fourth-order valence-corrected chi connectivity index (χ4v) is 2.66. The van der Waals surface area contributed by atoms with Crippen LogP contribution in [-0.2, 0) is 11.2 Å². The lowest BCUT2D eigenvalue weighted by atomic mass is 10.1. The molecule has 1 saturated heterocycles. The Morgan fingerprint density at radius 1 is 1.44 bits per heavy atom. The Kier molecular flexibility index (Phi) is 3.88. The van der Waals surface area contributed by atoms with E-state index in [0.717, 1.165) is 37.1 Å². The molecule has 0 aromatic heterocycles. The van der Waals surface area contributed by atoms with Gasteiger partial charge in [-0.25, -0.2) is 4.39 Å². The van der Waals surface area contributed by atoms with E-state index in [1.165, 1.54) is 12.1 Å². The number of fused-ring (bicyclic) bond motifs is 1. The molecule has 2 aliphatic heterocycles. The molecule has 98 valence electrons. The number of nitrogens with zero attached hydrogens (tertiary/aromatic N) is 1. The van der Waals surface area contributed by atoms with Crippen LogP contribution < -0.4 is 10.2 Å². The normalized spacial score (nSPS) is 21.6. The van der Waals surface area contributed by atoms with Crippen LogP contribution in [0.15, 0.2) is 18.2 Å². The zero-order valence-electron chi connectivity index (χ0n) is 9.99. The lowest BCUT2D eigenvalue weighted by Crippen LogP contribution is -2.42. The third kappa shape index (κ3) is 2.22. The van der Waals surface area contributed by atoms with Gasteiger partial charge in [0.2, 0.25) is 5.91 Å². The molecule has 2 heterocycles. The number of hydrogen-bond donors (Lipinski definition) is 1. The lowest BCUT2D eigenvalue weighted by Gasteiger charge is -2.21. The number of hydrogen-bond acceptors (Lipinski definition) is 2. The second-order valence-electron chi connectivity index (χ2n) is 4.66. The minimum absolute atomic E-state index is 0. The van der Waals surface area contributed by atoms with Gasteiger partial charge in [0.1, 0.15) is 5.82 Å². The van der Waals surface area contributed by atoms with E-state index in [4.69, 9.17) is 0 Å². The van der Waals surface area contributed by atoms with Crippen molar-refractivity contribution in [2.45, 2.75) is 25.3 Å². The minimum Gasteiger partial charge on any atom is -0.310 e. The third-order valence-electron chi connectivity index (χ3n) is 3.57. The summed E-state index contributed by atoms with van der Waals surface area (Å²) in [5.41, 5.74) is 1.82. The van der Waals surface area contributed by atoms with Crippen LogP contribution in [0.5, 0.6) is 0 Å². The average molecular weight is 271 g/mol. The topological polar surface area (TPSA) is 32.3 Å². The highest BCUT2D eigenvalue weighted by Gasteiger charge is 2.31. The van der Waals surface area contributed by atoms with Gasteiger partial charge in [-0.2, -0.15) is 0 Å². The smallest absolute Gasteiger partial charge is 0.244 e. The predicted octanol–water partition coefficient (Wildman–Crippen LogP) is 1.89. The standard InChI is InChI=1S/C13H15FN2O.ClH/c14-10-4-3-9-5-7-16(12(9)8-10)13(17)11-2-1-6-15-11;/h3-4,8,11,15H,1-2,5-7H2;1H. The van der Waals surface area contributed by atoms with Gasteiger partial charge in [-0.15, -0.1) is 12.4 Å². The van der Waals surface area contributed by atoms with Crippen molar-refractivity contribution in [2.24, 2.45) is 0 Å². The largest absolute Gasteiger partial charge is 0.310 e. The van der Waals surface area contributed by atoms with Crippen LogP contribution in [-0.4, -0.2) is 25.0 Å². The molecular weight excluding hydrogens is 255 g/mol. The fraction of sp³-hybridized carbons (Fsp3) is 0.462. The van der Waals surface area contributed by atoms with Crippen LogP contribution in [0.2, 0.25) is 0 Å². The second kappa shape index (κ2) is 5.24. The molecule has 0 bridgehead atoms. The summed E-state index contributed by atoms with van der Waals surface area (Å²) in [6.45, 7) is 1.58. The first-order valence-electron chi connectivity index (χ1n) is 6.09. The van der Waals surface area contributed by atoms with Crippen LogP contribution in [0.3, 0.4) is 0 Å².